The predicted molar refractivity (Wildman–Crippen MR) is 92.4 cm³/mol. The number of nitrogens with one attached hydrogen (secondary N) is 2. The van der Waals surface area contributed by atoms with Crippen LogP contribution in [0.2, 0.25) is 0 Å². The molecule has 1 aromatic rings. The van der Waals surface area contributed by atoms with Crippen LogP contribution in [0.15, 0.2) is 24.5 Å². The molecule has 152 valence electrons. The first kappa shape index (κ1) is 19.2. The van der Waals surface area contributed by atoms with Crippen LogP contribution in [0.25, 0.3) is 0 Å². The van der Waals surface area contributed by atoms with Crippen LogP contribution in [0, 0.1) is 0 Å². The number of hydrogen-bond donors (Lipinski definition) is 2. The molecule has 0 aromatic carbocycles. The Hall–Kier alpha value is -2.11. The molecule has 0 aliphatic carbocycles. The van der Waals surface area contributed by atoms with Crippen molar-refractivity contribution in [1.82, 2.24) is 15.8 Å². The average Bonchev–Trinajstić information content (AvgIpc) is 3.13. The molecule has 0 radical (unpaired) electrons. The van der Waals surface area contributed by atoms with Gasteiger partial charge < -0.3 is 23.7 Å². The summed E-state index contributed by atoms with van der Waals surface area (Å²) in [5, 5.41) is 0. The topological polar surface area (TPSA) is 117 Å². The monoisotopic (exact) mass is 393 g/mol. The van der Waals surface area contributed by atoms with Crippen LogP contribution in [0.1, 0.15) is 38.1 Å². The summed E-state index contributed by atoms with van der Waals surface area (Å²) < 4.78 is 29.3. The molecule has 10 heteroatoms. The highest BCUT2D eigenvalue weighted by Crippen LogP contribution is 2.44. The number of ether oxygens (including phenoxy) is 5. The third-order valence-electron chi connectivity index (χ3n) is 4.64. The van der Waals surface area contributed by atoms with Gasteiger partial charge in [-0.25, -0.2) is 0 Å². The van der Waals surface area contributed by atoms with E-state index < -0.39 is 54.1 Å². The maximum absolute atomic E-state index is 12.7. The van der Waals surface area contributed by atoms with Gasteiger partial charge in [-0.15, -0.1) is 0 Å². The number of pyridine rings is 1. The summed E-state index contributed by atoms with van der Waals surface area (Å²) in [7, 11) is 0. The Bertz CT molecular complexity index is 770. The van der Waals surface area contributed by atoms with E-state index in [1.807, 2.05) is 0 Å². The molecule has 10 nitrogen and oxygen atoms in total. The van der Waals surface area contributed by atoms with Crippen molar-refractivity contribution >= 4 is 11.8 Å². The van der Waals surface area contributed by atoms with Crippen LogP contribution in [-0.2, 0) is 28.5 Å². The highest BCUT2D eigenvalue weighted by Gasteiger charge is 2.62. The molecular formula is C18H23N3O7. The van der Waals surface area contributed by atoms with Gasteiger partial charge in [0, 0.05) is 12.4 Å². The molecule has 2 N–H and O–H groups in total. The maximum atomic E-state index is 12.7. The smallest absolute Gasteiger partial charge is 0.271 e. The SMILES string of the molecule is CC1(C)O[C@@H]2[C@@H](O1)[C@@H](C(=O)NNC(=O)c1cccnc1)O[C@H]1OC(C)(C)O[C@@H]12. The maximum Gasteiger partial charge on any atom is 0.271 e. The number of aromatic nitrogens is 1. The van der Waals surface area contributed by atoms with Gasteiger partial charge in [0.15, 0.2) is 24.0 Å². The number of nitrogens with zero attached hydrogens (tertiary/aromatic N) is 1. The molecule has 2 amide bonds. The first-order valence-electron chi connectivity index (χ1n) is 9.02. The Kier molecular flexibility index (Phi) is 4.63. The third kappa shape index (κ3) is 3.61. The number of hydrazine groups is 1. The van der Waals surface area contributed by atoms with E-state index in [2.05, 4.69) is 15.8 Å². The van der Waals surface area contributed by atoms with E-state index in [1.54, 1.807) is 46.0 Å². The van der Waals surface area contributed by atoms with E-state index >= 15 is 0 Å². The lowest BCUT2D eigenvalue weighted by atomic mass is 9.98. The van der Waals surface area contributed by atoms with Crippen LogP contribution in [0.4, 0.5) is 0 Å². The Morgan fingerprint density at radius 2 is 1.64 bits per heavy atom. The lowest BCUT2D eigenvalue weighted by molar-refractivity contribution is -0.231. The second-order valence-corrected chi connectivity index (χ2v) is 7.78. The summed E-state index contributed by atoms with van der Waals surface area (Å²) in [4.78, 5) is 28.7. The first-order chi connectivity index (χ1) is 13.2. The van der Waals surface area contributed by atoms with Crippen LogP contribution in [-0.4, -0.2) is 59.1 Å². The van der Waals surface area contributed by atoms with Gasteiger partial charge in [-0.2, -0.15) is 0 Å². The molecular weight excluding hydrogens is 370 g/mol. The summed E-state index contributed by atoms with van der Waals surface area (Å²) in [6, 6.07) is 3.20. The van der Waals surface area contributed by atoms with Gasteiger partial charge in [-0.05, 0) is 39.8 Å². The van der Waals surface area contributed by atoms with Crippen molar-refractivity contribution in [2.75, 3.05) is 0 Å². The van der Waals surface area contributed by atoms with Crippen molar-refractivity contribution in [1.29, 1.82) is 0 Å². The fourth-order valence-corrected chi connectivity index (χ4v) is 3.58. The number of hydrogen-bond acceptors (Lipinski definition) is 8. The summed E-state index contributed by atoms with van der Waals surface area (Å²) in [5.41, 5.74) is 5.02. The minimum atomic E-state index is -1.06. The van der Waals surface area contributed by atoms with Gasteiger partial charge in [0.2, 0.25) is 0 Å². The zero-order valence-corrected chi connectivity index (χ0v) is 16.0. The first-order valence-corrected chi connectivity index (χ1v) is 9.02. The lowest BCUT2D eigenvalue weighted by Crippen LogP contribution is -2.61. The summed E-state index contributed by atoms with van der Waals surface area (Å²) >= 11 is 0. The van der Waals surface area contributed by atoms with Crippen molar-refractivity contribution in [2.24, 2.45) is 0 Å². The lowest BCUT2D eigenvalue weighted by Gasteiger charge is -2.36. The molecule has 0 spiro atoms. The van der Waals surface area contributed by atoms with Crippen molar-refractivity contribution in [3.05, 3.63) is 30.1 Å². The second kappa shape index (κ2) is 6.75. The predicted octanol–water partition coefficient (Wildman–Crippen LogP) is 0.239. The zero-order valence-electron chi connectivity index (χ0n) is 16.0. The second-order valence-electron chi connectivity index (χ2n) is 7.78. The van der Waals surface area contributed by atoms with E-state index in [4.69, 9.17) is 23.7 Å². The van der Waals surface area contributed by atoms with Crippen LogP contribution >= 0.6 is 0 Å². The van der Waals surface area contributed by atoms with Crippen LogP contribution in [0.5, 0.6) is 0 Å². The normalized spacial score (nSPS) is 34.9. The largest absolute Gasteiger partial charge is 0.342 e. The van der Waals surface area contributed by atoms with Gasteiger partial charge >= 0.3 is 0 Å². The van der Waals surface area contributed by atoms with E-state index in [1.165, 1.54) is 6.20 Å². The fraction of sp³-hybridized carbons (Fsp3) is 0.611. The third-order valence-corrected chi connectivity index (χ3v) is 4.64. The number of amides is 2. The van der Waals surface area contributed by atoms with Gasteiger partial charge in [0.25, 0.3) is 11.8 Å². The van der Waals surface area contributed by atoms with E-state index in [9.17, 15) is 9.59 Å². The van der Waals surface area contributed by atoms with Crippen molar-refractivity contribution in [2.45, 2.75) is 70.0 Å². The molecule has 4 rings (SSSR count). The molecule has 0 unspecified atom stereocenters. The Morgan fingerprint density at radius 3 is 2.36 bits per heavy atom. The molecule has 3 aliphatic heterocycles. The van der Waals surface area contributed by atoms with Gasteiger partial charge in [0.1, 0.15) is 18.3 Å². The number of fused-ring (bicyclic) bond motifs is 3. The van der Waals surface area contributed by atoms with Crippen LogP contribution in [0.3, 0.4) is 0 Å². The standard InChI is InChI=1S/C18H23N3O7/c1-17(2)25-10-11(26-17)13-16(28-18(3,4)27-13)24-12(10)15(23)21-20-14(22)9-6-5-7-19-8-9/h5-8,10-13,16H,1-4H3,(H,20,22)(H,21,23)/t10-,11-,12+,13-,16+/m1/s1. The summed E-state index contributed by atoms with van der Waals surface area (Å²) in [6.45, 7) is 7.02. The molecule has 3 fully saturated rings. The minimum absolute atomic E-state index is 0.307. The summed E-state index contributed by atoms with van der Waals surface area (Å²) in [6.07, 6.45) is -0.716. The molecule has 1 aromatic heterocycles. The zero-order chi connectivity index (χ0) is 20.1. The molecule has 3 aliphatic rings. The van der Waals surface area contributed by atoms with Gasteiger partial charge in [-0.3, -0.25) is 25.4 Å². The fourth-order valence-electron chi connectivity index (χ4n) is 3.58. The number of carbonyl (C=O) groups is 2. The number of carbonyl (C=O) groups excluding carboxylic acids is 2. The highest BCUT2D eigenvalue weighted by molar-refractivity contribution is 5.95. The van der Waals surface area contributed by atoms with Crippen molar-refractivity contribution in [3.8, 4) is 0 Å². The van der Waals surface area contributed by atoms with Gasteiger partial charge in [0.05, 0.1) is 5.56 Å². The van der Waals surface area contributed by atoms with Crippen molar-refractivity contribution < 1.29 is 33.3 Å². The Balaban J connectivity index is 1.47. The van der Waals surface area contributed by atoms with Gasteiger partial charge in [-0.1, -0.05) is 0 Å². The number of rotatable bonds is 2. The quantitative estimate of drug-likeness (QED) is 0.686. The van der Waals surface area contributed by atoms with E-state index in [-0.39, 0.29) is 0 Å². The molecule has 5 atom stereocenters. The highest BCUT2D eigenvalue weighted by atomic mass is 16.9. The summed E-state index contributed by atoms with van der Waals surface area (Å²) in [5.74, 6) is -2.88. The van der Waals surface area contributed by atoms with E-state index in [0.717, 1.165) is 0 Å². The molecule has 0 saturated carbocycles. The Labute approximate surface area is 161 Å². The Morgan fingerprint density at radius 1 is 0.964 bits per heavy atom. The molecule has 0 bridgehead atoms. The van der Waals surface area contributed by atoms with Crippen molar-refractivity contribution in [3.63, 3.8) is 0 Å². The molecule has 3 saturated heterocycles. The van der Waals surface area contributed by atoms with Crippen LogP contribution < -0.4 is 10.9 Å². The van der Waals surface area contributed by atoms with E-state index in [0.29, 0.717) is 5.56 Å². The molecule has 4 heterocycles. The average molecular weight is 393 g/mol. The minimum Gasteiger partial charge on any atom is -0.342 e. The molecule has 28 heavy (non-hydrogen) atoms.